The fourth-order valence-electron chi connectivity index (χ4n) is 1.12. The van der Waals surface area contributed by atoms with Gasteiger partial charge < -0.3 is 5.11 Å². The van der Waals surface area contributed by atoms with Gasteiger partial charge in [-0.15, -0.1) is 11.3 Å². The second-order valence-electron chi connectivity index (χ2n) is 2.72. The summed E-state index contributed by atoms with van der Waals surface area (Å²) >= 11 is 1.21. The van der Waals surface area contributed by atoms with E-state index in [1.807, 2.05) is 18.2 Å². The minimum absolute atomic E-state index is 0.339. The zero-order valence-corrected chi connectivity index (χ0v) is 7.99. The predicted octanol–water partition coefficient (Wildman–Crippen LogP) is 2.51. The van der Waals surface area contributed by atoms with Crippen LogP contribution in [0.4, 0.5) is 0 Å². The summed E-state index contributed by atoms with van der Waals surface area (Å²) in [5, 5.41) is 10.5. The van der Waals surface area contributed by atoms with Gasteiger partial charge in [-0.1, -0.05) is 6.07 Å². The van der Waals surface area contributed by atoms with E-state index >= 15 is 0 Å². The quantitative estimate of drug-likeness (QED) is 0.819. The van der Waals surface area contributed by atoms with Crippen molar-refractivity contribution in [2.24, 2.45) is 0 Å². The molecule has 0 spiro atoms. The Labute approximate surface area is 84.7 Å². The lowest BCUT2D eigenvalue weighted by Crippen LogP contribution is -1.90. The second-order valence-corrected chi connectivity index (χ2v) is 3.63. The highest BCUT2D eigenvalue weighted by molar-refractivity contribution is 7.12. The molecule has 70 valence electrons. The number of hydrogen-bond donors (Lipinski definition) is 1. The van der Waals surface area contributed by atoms with Crippen molar-refractivity contribution in [3.63, 3.8) is 0 Å². The molecule has 4 heteroatoms. The van der Waals surface area contributed by atoms with Gasteiger partial charge >= 0.3 is 5.97 Å². The number of aromatic nitrogens is 1. The number of carbonyl (C=O) groups is 1. The Kier molecular flexibility index (Phi) is 2.28. The largest absolute Gasteiger partial charge is 0.477 e. The third-order valence-electron chi connectivity index (χ3n) is 1.77. The van der Waals surface area contributed by atoms with Crippen molar-refractivity contribution in [2.45, 2.75) is 0 Å². The molecule has 0 amide bonds. The van der Waals surface area contributed by atoms with Crippen LogP contribution in [0.15, 0.2) is 35.8 Å². The molecule has 0 aliphatic heterocycles. The average molecular weight is 205 g/mol. The maximum absolute atomic E-state index is 10.6. The number of aromatic carboxylic acids is 1. The fourth-order valence-corrected chi connectivity index (χ4v) is 1.85. The minimum atomic E-state index is -0.891. The first-order chi connectivity index (χ1) is 6.77. The summed E-state index contributed by atoms with van der Waals surface area (Å²) in [4.78, 5) is 15.1. The third kappa shape index (κ3) is 1.65. The van der Waals surface area contributed by atoms with E-state index in [4.69, 9.17) is 5.11 Å². The van der Waals surface area contributed by atoms with Crippen LogP contribution < -0.4 is 0 Å². The van der Waals surface area contributed by atoms with Crippen LogP contribution in [0, 0.1) is 0 Å². The SMILES string of the molecule is O=C(O)c1cc(-c2ccccn2)cs1. The Balaban J connectivity index is 2.39. The molecule has 2 aromatic heterocycles. The van der Waals surface area contributed by atoms with E-state index in [0.29, 0.717) is 4.88 Å². The lowest BCUT2D eigenvalue weighted by atomic mass is 10.2. The zero-order chi connectivity index (χ0) is 9.97. The number of hydrogen-bond acceptors (Lipinski definition) is 3. The Hall–Kier alpha value is -1.68. The van der Waals surface area contributed by atoms with E-state index < -0.39 is 5.97 Å². The highest BCUT2D eigenvalue weighted by Gasteiger charge is 2.07. The van der Waals surface area contributed by atoms with E-state index in [2.05, 4.69) is 4.98 Å². The average Bonchev–Trinajstić information content (AvgIpc) is 2.68. The molecule has 3 nitrogen and oxygen atoms in total. The summed E-state index contributed by atoms with van der Waals surface area (Å²) in [5.41, 5.74) is 1.66. The number of thiophene rings is 1. The molecule has 0 aromatic carbocycles. The van der Waals surface area contributed by atoms with Crippen molar-refractivity contribution in [3.8, 4) is 11.3 Å². The lowest BCUT2D eigenvalue weighted by Gasteiger charge is -1.93. The van der Waals surface area contributed by atoms with E-state index in [1.165, 1.54) is 11.3 Å². The fraction of sp³-hybridized carbons (Fsp3) is 0. The van der Waals surface area contributed by atoms with Crippen molar-refractivity contribution in [1.82, 2.24) is 4.98 Å². The lowest BCUT2D eigenvalue weighted by molar-refractivity contribution is 0.0702. The second kappa shape index (κ2) is 3.59. The molecule has 0 unspecified atom stereocenters. The Morgan fingerprint density at radius 1 is 1.43 bits per heavy atom. The number of carboxylic acids is 1. The van der Waals surface area contributed by atoms with Crippen LogP contribution in [0.1, 0.15) is 9.67 Å². The molecule has 0 fully saturated rings. The van der Waals surface area contributed by atoms with Crippen LogP contribution in [0.5, 0.6) is 0 Å². The summed E-state index contributed by atoms with van der Waals surface area (Å²) in [7, 11) is 0. The van der Waals surface area contributed by atoms with Crippen LogP contribution in [-0.2, 0) is 0 Å². The first-order valence-corrected chi connectivity index (χ1v) is 4.88. The first kappa shape index (κ1) is 8.90. The molecule has 0 radical (unpaired) electrons. The van der Waals surface area contributed by atoms with Crippen molar-refractivity contribution in [1.29, 1.82) is 0 Å². The molecule has 2 aromatic rings. The van der Waals surface area contributed by atoms with Gasteiger partial charge in [-0.25, -0.2) is 4.79 Å². The molecule has 2 heterocycles. The number of pyridine rings is 1. The molecule has 0 aliphatic rings. The van der Waals surface area contributed by atoms with Gasteiger partial charge in [0.15, 0.2) is 0 Å². The summed E-state index contributed by atoms with van der Waals surface area (Å²) in [6.07, 6.45) is 1.69. The van der Waals surface area contributed by atoms with Crippen LogP contribution in [0.25, 0.3) is 11.3 Å². The molecular formula is C10H7NO2S. The highest BCUT2D eigenvalue weighted by atomic mass is 32.1. The van der Waals surface area contributed by atoms with Gasteiger partial charge in [0, 0.05) is 17.1 Å². The van der Waals surface area contributed by atoms with Crippen molar-refractivity contribution >= 4 is 17.3 Å². The molecule has 14 heavy (non-hydrogen) atoms. The van der Waals surface area contributed by atoms with Gasteiger partial charge in [0.05, 0.1) is 5.69 Å². The Morgan fingerprint density at radius 2 is 2.29 bits per heavy atom. The van der Waals surface area contributed by atoms with E-state index in [-0.39, 0.29) is 0 Å². The maximum atomic E-state index is 10.6. The zero-order valence-electron chi connectivity index (χ0n) is 7.18. The number of rotatable bonds is 2. The van der Waals surface area contributed by atoms with Gasteiger partial charge in [-0.3, -0.25) is 4.98 Å². The smallest absolute Gasteiger partial charge is 0.345 e. The van der Waals surface area contributed by atoms with Gasteiger partial charge in [-0.2, -0.15) is 0 Å². The third-order valence-corrected chi connectivity index (χ3v) is 2.69. The minimum Gasteiger partial charge on any atom is -0.477 e. The Morgan fingerprint density at radius 3 is 2.86 bits per heavy atom. The summed E-state index contributed by atoms with van der Waals surface area (Å²) in [6.45, 7) is 0. The van der Waals surface area contributed by atoms with Gasteiger partial charge in [0.25, 0.3) is 0 Å². The molecular weight excluding hydrogens is 198 g/mol. The first-order valence-electron chi connectivity index (χ1n) is 4.00. The molecule has 0 saturated carbocycles. The van der Waals surface area contributed by atoms with Crippen LogP contribution in [-0.4, -0.2) is 16.1 Å². The number of nitrogens with zero attached hydrogens (tertiary/aromatic N) is 1. The standard InChI is InChI=1S/C10H7NO2S/c12-10(13)9-5-7(6-14-9)8-3-1-2-4-11-8/h1-6H,(H,12,13). The van der Waals surface area contributed by atoms with Crippen molar-refractivity contribution in [3.05, 3.63) is 40.7 Å². The highest BCUT2D eigenvalue weighted by Crippen LogP contribution is 2.23. The van der Waals surface area contributed by atoms with E-state index in [9.17, 15) is 4.79 Å². The van der Waals surface area contributed by atoms with E-state index in [1.54, 1.807) is 17.6 Å². The number of carboxylic acid groups (broad SMARTS) is 1. The van der Waals surface area contributed by atoms with Gasteiger partial charge in [0.2, 0.25) is 0 Å². The maximum Gasteiger partial charge on any atom is 0.345 e. The summed E-state index contributed by atoms with van der Waals surface area (Å²) in [5.74, 6) is -0.891. The topological polar surface area (TPSA) is 50.2 Å². The van der Waals surface area contributed by atoms with Crippen molar-refractivity contribution in [2.75, 3.05) is 0 Å². The van der Waals surface area contributed by atoms with Gasteiger partial charge in [0.1, 0.15) is 4.88 Å². The van der Waals surface area contributed by atoms with Gasteiger partial charge in [-0.05, 0) is 18.2 Å². The summed E-state index contributed by atoms with van der Waals surface area (Å²) in [6, 6.07) is 7.19. The molecule has 0 bridgehead atoms. The van der Waals surface area contributed by atoms with Crippen LogP contribution in [0.2, 0.25) is 0 Å². The molecule has 0 atom stereocenters. The van der Waals surface area contributed by atoms with Crippen molar-refractivity contribution < 1.29 is 9.90 Å². The monoisotopic (exact) mass is 205 g/mol. The van der Waals surface area contributed by atoms with Crippen LogP contribution >= 0.6 is 11.3 Å². The molecule has 0 saturated heterocycles. The molecule has 0 aliphatic carbocycles. The van der Waals surface area contributed by atoms with Crippen LogP contribution in [0.3, 0.4) is 0 Å². The molecule has 2 rings (SSSR count). The summed E-state index contributed by atoms with van der Waals surface area (Å²) < 4.78 is 0. The predicted molar refractivity (Wildman–Crippen MR) is 54.5 cm³/mol. The Bertz CT molecular complexity index is 450. The normalized spacial score (nSPS) is 10.0. The molecule has 1 N–H and O–H groups in total. The van der Waals surface area contributed by atoms with E-state index in [0.717, 1.165) is 11.3 Å².